The first-order valence-electron chi connectivity index (χ1n) is 7.70. The standard InChI is InChI=1S/C16H16N6OS/c23-16(13-2-9-24-11-13)21-7-5-20(6-8-21)14-10-15(18-12-17-14)22-4-1-3-19-22/h1-4,9-12H,5-8H2. The lowest BCUT2D eigenvalue weighted by atomic mass is 10.2. The minimum absolute atomic E-state index is 0.107. The van der Waals surface area contributed by atoms with E-state index in [0.29, 0.717) is 13.1 Å². The molecule has 3 aromatic heterocycles. The molecule has 0 saturated carbocycles. The van der Waals surface area contributed by atoms with Gasteiger partial charge in [-0.25, -0.2) is 14.6 Å². The summed E-state index contributed by atoms with van der Waals surface area (Å²) in [5.74, 6) is 1.70. The van der Waals surface area contributed by atoms with Crippen molar-refractivity contribution < 1.29 is 4.79 Å². The molecule has 1 aliphatic heterocycles. The van der Waals surface area contributed by atoms with Crippen molar-refractivity contribution in [1.29, 1.82) is 0 Å². The predicted molar refractivity (Wildman–Crippen MR) is 91.6 cm³/mol. The maximum atomic E-state index is 12.4. The van der Waals surface area contributed by atoms with Gasteiger partial charge in [-0.05, 0) is 17.5 Å². The molecule has 1 saturated heterocycles. The number of piperazine rings is 1. The normalized spacial score (nSPS) is 14.8. The Kier molecular flexibility index (Phi) is 3.96. The van der Waals surface area contributed by atoms with Gasteiger partial charge in [-0.1, -0.05) is 0 Å². The molecule has 0 bridgehead atoms. The summed E-state index contributed by atoms with van der Waals surface area (Å²) < 4.78 is 1.71. The Hall–Kier alpha value is -2.74. The minimum Gasteiger partial charge on any atom is -0.353 e. The Morgan fingerprint density at radius 2 is 1.96 bits per heavy atom. The number of hydrogen-bond donors (Lipinski definition) is 0. The van der Waals surface area contributed by atoms with Gasteiger partial charge in [-0.2, -0.15) is 16.4 Å². The molecule has 0 spiro atoms. The molecule has 3 aromatic rings. The van der Waals surface area contributed by atoms with Gasteiger partial charge in [0.25, 0.3) is 5.91 Å². The van der Waals surface area contributed by atoms with Crippen LogP contribution in [0, 0.1) is 0 Å². The zero-order chi connectivity index (χ0) is 16.4. The van der Waals surface area contributed by atoms with E-state index >= 15 is 0 Å². The molecule has 4 heterocycles. The summed E-state index contributed by atoms with van der Waals surface area (Å²) in [5, 5.41) is 8.02. The van der Waals surface area contributed by atoms with Crippen molar-refractivity contribution in [2.24, 2.45) is 0 Å². The molecule has 0 atom stereocenters. The van der Waals surface area contributed by atoms with Gasteiger partial charge in [0.2, 0.25) is 0 Å². The van der Waals surface area contributed by atoms with Gasteiger partial charge in [0.15, 0.2) is 5.82 Å². The number of thiophene rings is 1. The number of hydrogen-bond acceptors (Lipinski definition) is 6. The van der Waals surface area contributed by atoms with Crippen LogP contribution in [0.1, 0.15) is 10.4 Å². The Morgan fingerprint density at radius 3 is 2.67 bits per heavy atom. The van der Waals surface area contributed by atoms with Crippen molar-refractivity contribution in [1.82, 2.24) is 24.6 Å². The number of amides is 1. The molecule has 24 heavy (non-hydrogen) atoms. The lowest BCUT2D eigenvalue weighted by molar-refractivity contribution is 0.0747. The smallest absolute Gasteiger partial charge is 0.254 e. The van der Waals surface area contributed by atoms with Crippen LogP contribution in [0.15, 0.2) is 47.7 Å². The molecular weight excluding hydrogens is 324 g/mol. The summed E-state index contributed by atoms with van der Waals surface area (Å²) in [5.41, 5.74) is 0.774. The molecule has 1 amide bonds. The average Bonchev–Trinajstić information content (AvgIpc) is 3.35. The van der Waals surface area contributed by atoms with E-state index in [1.54, 1.807) is 28.5 Å². The fourth-order valence-electron chi connectivity index (χ4n) is 2.75. The van der Waals surface area contributed by atoms with Gasteiger partial charge in [0.1, 0.15) is 12.1 Å². The van der Waals surface area contributed by atoms with Crippen LogP contribution in [-0.2, 0) is 0 Å². The monoisotopic (exact) mass is 340 g/mol. The third-order valence-electron chi connectivity index (χ3n) is 4.04. The van der Waals surface area contributed by atoms with Crippen LogP contribution in [0.3, 0.4) is 0 Å². The molecule has 0 radical (unpaired) electrons. The molecule has 0 aliphatic carbocycles. The molecule has 4 rings (SSSR count). The third-order valence-corrected chi connectivity index (χ3v) is 4.72. The first-order chi connectivity index (χ1) is 11.8. The molecule has 1 fully saturated rings. The fourth-order valence-corrected chi connectivity index (χ4v) is 3.38. The zero-order valence-electron chi connectivity index (χ0n) is 12.9. The highest BCUT2D eigenvalue weighted by molar-refractivity contribution is 7.08. The predicted octanol–water partition coefficient (Wildman–Crippen LogP) is 1.69. The van der Waals surface area contributed by atoms with Crippen molar-refractivity contribution in [2.45, 2.75) is 0 Å². The van der Waals surface area contributed by atoms with Gasteiger partial charge in [0, 0.05) is 50.0 Å². The Bertz CT molecular complexity index is 809. The number of carbonyl (C=O) groups excluding carboxylic acids is 1. The SMILES string of the molecule is O=C(c1ccsc1)N1CCN(c2cc(-n3cccn3)ncn2)CC1. The summed E-state index contributed by atoms with van der Waals surface area (Å²) in [6.07, 6.45) is 5.12. The Balaban J connectivity index is 1.44. The molecule has 0 aromatic carbocycles. The van der Waals surface area contributed by atoms with Gasteiger partial charge in [-0.15, -0.1) is 0 Å². The van der Waals surface area contributed by atoms with Gasteiger partial charge in [-0.3, -0.25) is 4.79 Å². The number of carbonyl (C=O) groups is 1. The molecule has 0 unspecified atom stereocenters. The Labute approximate surface area is 143 Å². The quantitative estimate of drug-likeness (QED) is 0.726. The third kappa shape index (κ3) is 2.88. The van der Waals surface area contributed by atoms with E-state index < -0.39 is 0 Å². The zero-order valence-corrected chi connectivity index (χ0v) is 13.8. The Morgan fingerprint density at radius 1 is 1.12 bits per heavy atom. The van der Waals surface area contributed by atoms with Crippen molar-refractivity contribution in [3.05, 3.63) is 53.2 Å². The summed E-state index contributed by atoms with van der Waals surface area (Å²) in [4.78, 5) is 25.1. The minimum atomic E-state index is 0.107. The van der Waals surface area contributed by atoms with E-state index in [4.69, 9.17) is 0 Å². The number of nitrogens with zero attached hydrogens (tertiary/aromatic N) is 6. The van der Waals surface area contributed by atoms with Crippen LogP contribution in [0.5, 0.6) is 0 Å². The molecule has 7 nitrogen and oxygen atoms in total. The van der Waals surface area contributed by atoms with Crippen LogP contribution < -0.4 is 4.90 Å². The lowest BCUT2D eigenvalue weighted by Gasteiger charge is -2.35. The fraction of sp³-hybridized carbons (Fsp3) is 0.250. The molecule has 8 heteroatoms. The lowest BCUT2D eigenvalue weighted by Crippen LogP contribution is -2.49. The maximum absolute atomic E-state index is 12.4. The summed E-state index contributed by atoms with van der Waals surface area (Å²) in [7, 11) is 0. The van der Waals surface area contributed by atoms with E-state index in [1.807, 2.05) is 40.1 Å². The topological polar surface area (TPSA) is 67.2 Å². The highest BCUT2D eigenvalue weighted by Crippen LogP contribution is 2.17. The largest absolute Gasteiger partial charge is 0.353 e. The molecule has 1 aliphatic rings. The van der Waals surface area contributed by atoms with E-state index in [2.05, 4.69) is 20.0 Å². The summed E-state index contributed by atoms with van der Waals surface area (Å²) >= 11 is 1.55. The second-order valence-corrected chi connectivity index (χ2v) is 6.26. The summed E-state index contributed by atoms with van der Waals surface area (Å²) in [6.45, 7) is 2.89. The van der Waals surface area contributed by atoms with Crippen molar-refractivity contribution in [3.63, 3.8) is 0 Å². The second kappa shape index (κ2) is 6.40. The van der Waals surface area contributed by atoms with Crippen molar-refractivity contribution in [2.75, 3.05) is 31.1 Å². The van der Waals surface area contributed by atoms with E-state index in [1.165, 1.54) is 0 Å². The molecule has 0 N–H and O–H groups in total. The van der Waals surface area contributed by atoms with Crippen LogP contribution in [0.4, 0.5) is 5.82 Å². The number of anilines is 1. The van der Waals surface area contributed by atoms with Crippen LogP contribution >= 0.6 is 11.3 Å². The van der Waals surface area contributed by atoms with E-state index in [0.717, 1.165) is 30.3 Å². The maximum Gasteiger partial charge on any atom is 0.254 e. The highest BCUT2D eigenvalue weighted by atomic mass is 32.1. The average molecular weight is 340 g/mol. The first-order valence-corrected chi connectivity index (χ1v) is 8.64. The molecular formula is C16H16N6OS. The summed E-state index contributed by atoms with van der Waals surface area (Å²) in [6, 6.07) is 5.65. The van der Waals surface area contributed by atoms with Crippen LogP contribution in [-0.4, -0.2) is 56.7 Å². The second-order valence-electron chi connectivity index (χ2n) is 5.48. The van der Waals surface area contributed by atoms with Gasteiger partial charge < -0.3 is 9.80 Å². The van der Waals surface area contributed by atoms with Crippen molar-refractivity contribution in [3.8, 4) is 5.82 Å². The number of aromatic nitrogens is 4. The molecule has 122 valence electrons. The van der Waals surface area contributed by atoms with E-state index in [9.17, 15) is 4.79 Å². The van der Waals surface area contributed by atoms with E-state index in [-0.39, 0.29) is 5.91 Å². The highest BCUT2D eigenvalue weighted by Gasteiger charge is 2.23. The first kappa shape index (κ1) is 14.8. The van der Waals surface area contributed by atoms with Crippen LogP contribution in [0.25, 0.3) is 5.82 Å². The van der Waals surface area contributed by atoms with Gasteiger partial charge in [0.05, 0.1) is 5.56 Å². The van der Waals surface area contributed by atoms with Gasteiger partial charge >= 0.3 is 0 Å². The number of rotatable bonds is 3. The van der Waals surface area contributed by atoms with Crippen LogP contribution in [0.2, 0.25) is 0 Å². The van der Waals surface area contributed by atoms with Crippen molar-refractivity contribution >= 4 is 23.1 Å².